The summed E-state index contributed by atoms with van der Waals surface area (Å²) in [6.45, 7) is 1.98. The molecule has 3 aromatic rings. The molecule has 1 unspecified atom stereocenters. The minimum absolute atomic E-state index is 0.134. The van der Waals surface area contributed by atoms with Crippen molar-refractivity contribution in [2.75, 3.05) is 5.32 Å². The normalized spacial score (nSPS) is 16.4. The lowest BCUT2D eigenvalue weighted by atomic mass is 10.1. The molecule has 25 heavy (non-hydrogen) atoms. The first-order chi connectivity index (χ1) is 12.2. The van der Waals surface area contributed by atoms with Gasteiger partial charge in [0.05, 0.1) is 16.3 Å². The van der Waals surface area contributed by atoms with Gasteiger partial charge in [-0.2, -0.15) is 0 Å². The zero-order valence-electron chi connectivity index (χ0n) is 13.4. The smallest absolute Gasteiger partial charge is 0.188 e. The van der Waals surface area contributed by atoms with E-state index in [1.807, 2.05) is 49.4 Å². The van der Waals surface area contributed by atoms with Crippen LogP contribution in [0.1, 0.15) is 28.8 Å². The van der Waals surface area contributed by atoms with Crippen molar-refractivity contribution in [2.24, 2.45) is 5.16 Å². The van der Waals surface area contributed by atoms with Gasteiger partial charge in [0.25, 0.3) is 0 Å². The Labute approximate surface area is 154 Å². The van der Waals surface area contributed by atoms with Gasteiger partial charge in [0, 0.05) is 23.3 Å². The fourth-order valence-electron chi connectivity index (χ4n) is 2.61. The van der Waals surface area contributed by atoms with Gasteiger partial charge in [0.2, 0.25) is 0 Å². The Balaban J connectivity index is 1.50. The maximum atomic E-state index is 5.92. The summed E-state index contributed by atoms with van der Waals surface area (Å²) >= 11 is 7.49. The minimum atomic E-state index is -0.134. The topological polar surface area (TPSA) is 59.4 Å². The molecule has 126 valence electrons. The molecule has 1 N–H and O–H groups in total. The van der Waals surface area contributed by atoms with Crippen LogP contribution in [-0.4, -0.2) is 15.7 Å². The Morgan fingerprint density at radius 2 is 2.04 bits per heavy atom. The molecular weight excluding hydrogens is 356 g/mol. The highest BCUT2D eigenvalue weighted by molar-refractivity contribution is 7.17. The van der Waals surface area contributed by atoms with Crippen molar-refractivity contribution in [1.29, 1.82) is 0 Å². The molecule has 5 nitrogen and oxygen atoms in total. The molecule has 0 radical (unpaired) electrons. The van der Waals surface area contributed by atoms with Crippen molar-refractivity contribution in [1.82, 2.24) is 9.97 Å². The molecule has 0 bridgehead atoms. The lowest BCUT2D eigenvalue weighted by molar-refractivity contribution is 0.0826. The van der Waals surface area contributed by atoms with E-state index >= 15 is 0 Å². The Morgan fingerprint density at radius 3 is 2.80 bits per heavy atom. The fraction of sp³-hybridized carbons (Fsp3) is 0.167. The number of halogens is 1. The van der Waals surface area contributed by atoms with Gasteiger partial charge in [-0.05, 0) is 43.3 Å². The van der Waals surface area contributed by atoms with Gasteiger partial charge in [-0.3, -0.25) is 4.98 Å². The van der Waals surface area contributed by atoms with Crippen LogP contribution in [-0.2, 0) is 4.84 Å². The highest BCUT2D eigenvalue weighted by Gasteiger charge is 2.27. The van der Waals surface area contributed by atoms with Gasteiger partial charge >= 0.3 is 0 Å². The zero-order valence-corrected chi connectivity index (χ0v) is 15.0. The average molecular weight is 371 g/mol. The second kappa shape index (κ2) is 6.82. The number of anilines is 2. The van der Waals surface area contributed by atoms with Crippen LogP contribution >= 0.6 is 22.9 Å². The molecule has 0 amide bonds. The third-order valence-electron chi connectivity index (χ3n) is 3.84. The van der Waals surface area contributed by atoms with E-state index in [4.69, 9.17) is 16.4 Å². The molecule has 0 saturated carbocycles. The van der Waals surface area contributed by atoms with Crippen molar-refractivity contribution in [3.05, 3.63) is 69.9 Å². The largest absolute Gasteiger partial charge is 0.385 e. The summed E-state index contributed by atoms with van der Waals surface area (Å²) < 4.78 is 0. The van der Waals surface area contributed by atoms with Gasteiger partial charge in [-0.15, -0.1) is 0 Å². The Kier molecular flexibility index (Phi) is 4.38. The van der Waals surface area contributed by atoms with Crippen LogP contribution in [0.25, 0.3) is 0 Å². The molecular formula is C18H15ClN4OS. The third-order valence-corrected chi connectivity index (χ3v) is 5.21. The maximum absolute atomic E-state index is 5.92. The second-order valence-corrected chi connectivity index (χ2v) is 7.09. The first-order valence-electron chi connectivity index (χ1n) is 7.83. The predicted molar refractivity (Wildman–Crippen MR) is 101 cm³/mol. The molecule has 0 spiro atoms. The van der Waals surface area contributed by atoms with E-state index in [1.54, 1.807) is 17.5 Å². The third kappa shape index (κ3) is 3.50. The van der Waals surface area contributed by atoms with Crippen molar-refractivity contribution >= 4 is 39.5 Å². The average Bonchev–Trinajstić information content (AvgIpc) is 3.24. The maximum Gasteiger partial charge on any atom is 0.188 e. The summed E-state index contributed by atoms with van der Waals surface area (Å²) in [4.78, 5) is 15.5. The van der Waals surface area contributed by atoms with Crippen molar-refractivity contribution in [3.63, 3.8) is 0 Å². The van der Waals surface area contributed by atoms with E-state index in [1.165, 1.54) is 0 Å². The zero-order chi connectivity index (χ0) is 17.2. The molecule has 0 saturated heterocycles. The summed E-state index contributed by atoms with van der Waals surface area (Å²) in [5.41, 5.74) is 3.68. The van der Waals surface area contributed by atoms with E-state index in [9.17, 15) is 0 Å². The molecule has 3 heterocycles. The molecule has 0 fully saturated rings. The number of benzene rings is 1. The summed E-state index contributed by atoms with van der Waals surface area (Å²) in [6, 6.07) is 13.3. The number of thiazole rings is 1. The van der Waals surface area contributed by atoms with Crippen LogP contribution in [0.2, 0.25) is 5.02 Å². The molecule has 1 aromatic carbocycles. The number of aryl methyl sites for hydroxylation is 1. The summed E-state index contributed by atoms with van der Waals surface area (Å²) in [5.74, 6) is 0. The number of hydrogen-bond acceptors (Lipinski definition) is 6. The highest BCUT2D eigenvalue weighted by Crippen LogP contribution is 2.33. The first-order valence-corrected chi connectivity index (χ1v) is 9.02. The standard InChI is InChI=1S/C18H15ClN4OS/c1-11-17(15-10-16(24-23-15)14-4-2-3-9-20-14)25-18(21-11)22-13-7-5-12(19)6-8-13/h2-9,16H,10H2,1H3,(H,21,22). The van der Waals surface area contributed by atoms with Crippen LogP contribution < -0.4 is 5.32 Å². The second-order valence-electron chi connectivity index (χ2n) is 5.66. The molecule has 7 heteroatoms. The van der Waals surface area contributed by atoms with Crippen LogP contribution in [0.5, 0.6) is 0 Å². The Morgan fingerprint density at radius 1 is 1.20 bits per heavy atom. The minimum Gasteiger partial charge on any atom is -0.385 e. The fourth-order valence-corrected chi connectivity index (χ4v) is 3.71. The molecule has 4 rings (SSSR count). The van der Waals surface area contributed by atoms with Crippen LogP contribution in [0.3, 0.4) is 0 Å². The highest BCUT2D eigenvalue weighted by atomic mass is 35.5. The number of oxime groups is 1. The number of nitrogens with one attached hydrogen (secondary N) is 1. The molecule has 2 aromatic heterocycles. The van der Waals surface area contributed by atoms with E-state index in [2.05, 4.69) is 20.4 Å². The molecule has 1 atom stereocenters. The quantitative estimate of drug-likeness (QED) is 0.693. The molecule has 1 aliphatic rings. The predicted octanol–water partition coefficient (Wildman–Crippen LogP) is 5.11. The molecule has 0 aliphatic carbocycles. The first kappa shape index (κ1) is 16.1. The van der Waals surface area contributed by atoms with Crippen LogP contribution in [0.4, 0.5) is 10.8 Å². The number of rotatable bonds is 4. The number of aromatic nitrogens is 2. The van der Waals surface area contributed by atoms with E-state index in [0.717, 1.165) is 32.8 Å². The van der Waals surface area contributed by atoms with Crippen LogP contribution in [0, 0.1) is 6.92 Å². The lowest BCUT2D eigenvalue weighted by Crippen LogP contribution is -2.02. The van der Waals surface area contributed by atoms with E-state index in [-0.39, 0.29) is 6.10 Å². The van der Waals surface area contributed by atoms with Crippen molar-refractivity contribution in [3.8, 4) is 0 Å². The Bertz CT molecular complexity index is 909. The molecule has 1 aliphatic heterocycles. The van der Waals surface area contributed by atoms with E-state index < -0.39 is 0 Å². The number of nitrogens with zero attached hydrogens (tertiary/aromatic N) is 3. The van der Waals surface area contributed by atoms with Gasteiger partial charge in [-0.25, -0.2) is 4.98 Å². The van der Waals surface area contributed by atoms with Crippen molar-refractivity contribution in [2.45, 2.75) is 19.4 Å². The number of hydrogen-bond donors (Lipinski definition) is 1. The summed E-state index contributed by atoms with van der Waals surface area (Å²) in [6.07, 6.45) is 2.33. The SMILES string of the molecule is Cc1nc(Nc2ccc(Cl)cc2)sc1C1=NOC(c2ccccn2)C1. The van der Waals surface area contributed by atoms with E-state index in [0.29, 0.717) is 11.4 Å². The lowest BCUT2D eigenvalue weighted by Gasteiger charge is -2.05. The van der Waals surface area contributed by atoms with Gasteiger partial charge < -0.3 is 10.2 Å². The summed E-state index contributed by atoms with van der Waals surface area (Å²) in [5, 5.41) is 9.08. The number of pyridine rings is 1. The van der Waals surface area contributed by atoms with Crippen molar-refractivity contribution < 1.29 is 4.84 Å². The summed E-state index contributed by atoms with van der Waals surface area (Å²) in [7, 11) is 0. The van der Waals surface area contributed by atoms with Gasteiger partial charge in [0.15, 0.2) is 11.2 Å². The van der Waals surface area contributed by atoms with Gasteiger partial charge in [-0.1, -0.05) is 34.2 Å². The monoisotopic (exact) mass is 370 g/mol. The Hall–Kier alpha value is -2.44. The van der Waals surface area contributed by atoms with Crippen LogP contribution in [0.15, 0.2) is 53.8 Å². The van der Waals surface area contributed by atoms with Gasteiger partial charge in [0.1, 0.15) is 5.71 Å².